The Labute approximate surface area is 120 Å². The molecule has 0 aliphatic rings. The molecule has 0 bridgehead atoms. The summed E-state index contributed by atoms with van der Waals surface area (Å²) in [6.07, 6.45) is 0. The number of methoxy groups -OCH3 is 2. The lowest BCUT2D eigenvalue weighted by Gasteiger charge is -2.15. The first-order chi connectivity index (χ1) is 9.08. The van der Waals surface area contributed by atoms with Crippen molar-refractivity contribution < 1.29 is 13.9 Å². The van der Waals surface area contributed by atoms with Crippen molar-refractivity contribution in [2.24, 2.45) is 0 Å². The Morgan fingerprint density at radius 3 is 2.16 bits per heavy atom. The fourth-order valence-corrected chi connectivity index (χ4v) is 2.47. The summed E-state index contributed by atoms with van der Waals surface area (Å²) < 4.78 is 24.0. The third-order valence-corrected chi connectivity index (χ3v) is 3.31. The van der Waals surface area contributed by atoms with Crippen molar-refractivity contribution in [2.45, 2.75) is 0 Å². The van der Waals surface area contributed by atoms with Gasteiger partial charge >= 0.3 is 0 Å². The Hall–Kier alpha value is -1.45. The molecule has 0 saturated carbocycles. The molecule has 100 valence electrons. The van der Waals surface area contributed by atoms with Crippen molar-refractivity contribution in [2.75, 3.05) is 14.2 Å². The van der Waals surface area contributed by atoms with Gasteiger partial charge in [-0.15, -0.1) is 0 Å². The summed E-state index contributed by atoms with van der Waals surface area (Å²) in [7, 11) is 2.92. The third-order valence-electron chi connectivity index (χ3n) is 2.68. The zero-order valence-corrected chi connectivity index (χ0v) is 11.8. The molecule has 0 unspecified atom stereocenters. The van der Waals surface area contributed by atoms with Gasteiger partial charge in [0.05, 0.1) is 24.3 Å². The van der Waals surface area contributed by atoms with Gasteiger partial charge in [0.15, 0.2) is 11.5 Å². The van der Waals surface area contributed by atoms with E-state index in [2.05, 4.69) is 0 Å². The van der Waals surface area contributed by atoms with Crippen molar-refractivity contribution in [3.05, 3.63) is 46.2 Å². The highest BCUT2D eigenvalue weighted by Gasteiger charge is 2.18. The summed E-state index contributed by atoms with van der Waals surface area (Å²) in [4.78, 5) is 0. The van der Waals surface area contributed by atoms with Crippen LogP contribution in [-0.2, 0) is 0 Å². The first-order valence-electron chi connectivity index (χ1n) is 5.44. The van der Waals surface area contributed by atoms with E-state index in [0.717, 1.165) is 0 Å². The molecular weight excluding hydrogens is 290 g/mol. The summed E-state index contributed by atoms with van der Waals surface area (Å²) in [5.41, 5.74) is 0.968. The minimum atomic E-state index is -0.455. The number of hydrogen-bond acceptors (Lipinski definition) is 2. The lowest BCUT2D eigenvalue weighted by molar-refractivity contribution is 0.353. The van der Waals surface area contributed by atoms with Crippen LogP contribution in [-0.4, -0.2) is 14.2 Å². The lowest BCUT2D eigenvalue weighted by Crippen LogP contribution is -1.95. The van der Waals surface area contributed by atoms with E-state index >= 15 is 0 Å². The van der Waals surface area contributed by atoms with Gasteiger partial charge in [0.1, 0.15) is 5.82 Å². The maximum Gasteiger partial charge on any atom is 0.168 e. The minimum absolute atomic E-state index is 0.286. The van der Waals surface area contributed by atoms with Crippen LogP contribution in [0.15, 0.2) is 30.3 Å². The summed E-state index contributed by atoms with van der Waals surface area (Å²) in [5, 5.41) is 0.830. The van der Waals surface area contributed by atoms with Crippen LogP contribution in [0.4, 0.5) is 4.39 Å². The van der Waals surface area contributed by atoms with Gasteiger partial charge in [-0.1, -0.05) is 29.3 Å². The van der Waals surface area contributed by atoms with Crippen molar-refractivity contribution in [3.8, 4) is 22.6 Å². The van der Waals surface area contributed by atoms with Crippen LogP contribution in [0.1, 0.15) is 0 Å². The predicted molar refractivity (Wildman–Crippen MR) is 75.0 cm³/mol. The van der Waals surface area contributed by atoms with Crippen LogP contribution < -0.4 is 9.47 Å². The topological polar surface area (TPSA) is 18.5 Å². The molecule has 2 rings (SSSR count). The van der Waals surface area contributed by atoms with E-state index in [1.807, 2.05) is 0 Å². The second-order valence-corrected chi connectivity index (χ2v) is 4.60. The molecule has 0 heterocycles. The van der Waals surface area contributed by atoms with E-state index in [1.165, 1.54) is 26.4 Å². The Morgan fingerprint density at radius 2 is 1.63 bits per heavy atom. The van der Waals surface area contributed by atoms with E-state index in [-0.39, 0.29) is 5.75 Å². The fourth-order valence-electron chi connectivity index (χ4n) is 1.87. The molecule has 0 spiro atoms. The molecule has 2 aromatic carbocycles. The van der Waals surface area contributed by atoms with E-state index < -0.39 is 5.82 Å². The maximum absolute atomic E-state index is 13.7. The molecule has 0 fully saturated rings. The predicted octanol–water partition coefficient (Wildman–Crippen LogP) is 4.82. The van der Waals surface area contributed by atoms with Gasteiger partial charge in [-0.25, -0.2) is 4.39 Å². The van der Waals surface area contributed by atoms with Crippen molar-refractivity contribution in [3.63, 3.8) is 0 Å². The normalized spacial score (nSPS) is 10.4. The van der Waals surface area contributed by atoms with Gasteiger partial charge in [-0.2, -0.15) is 0 Å². The molecule has 0 atom stereocenters. The molecule has 0 saturated heterocycles. The maximum atomic E-state index is 13.7. The first-order valence-corrected chi connectivity index (χ1v) is 6.20. The van der Waals surface area contributed by atoms with Gasteiger partial charge in [-0.3, -0.25) is 0 Å². The lowest BCUT2D eigenvalue weighted by atomic mass is 10.0. The second kappa shape index (κ2) is 5.68. The highest BCUT2D eigenvalue weighted by Crippen LogP contribution is 2.44. The third kappa shape index (κ3) is 2.62. The van der Waals surface area contributed by atoms with Gasteiger partial charge in [0.25, 0.3) is 0 Å². The number of hydrogen-bond donors (Lipinski definition) is 0. The van der Waals surface area contributed by atoms with Gasteiger partial charge in [-0.05, 0) is 18.2 Å². The number of ether oxygens (including phenoxy) is 2. The summed E-state index contributed by atoms with van der Waals surface area (Å²) in [5.74, 6) is 0.219. The zero-order valence-electron chi connectivity index (χ0n) is 10.3. The van der Waals surface area contributed by atoms with Crippen LogP contribution in [0.2, 0.25) is 10.0 Å². The van der Waals surface area contributed by atoms with Gasteiger partial charge in [0, 0.05) is 17.2 Å². The number of halogens is 3. The van der Waals surface area contributed by atoms with Crippen LogP contribution >= 0.6 is 23.2 Å². The molecule has 0 radical (unpaired) electrons. The Bertz CT molecular complexity index is 594. The Balaban J connectivity index is 2.78. The molecule has 0 amide bonds. The van der Waals surface area contributed by atoms with Crippen molar-refractivity contribution in [1.29, 1.82) is 0 Å². The fraction of sp³-hybridized carbons (Fsp3) is 0.143. The first kappa shape index (κ1) is 14.0. The Morgan fingerprint density at radius 1 is 1.00 bits per heavy atom. The quantitative estimate of drug-likeness (QED) is 0.809. The summed E-state index contributed by atoms with van der Waals surface area (Å²) in [6.45, 7) is 0. The summed E-state index contributed by atoms with van der Waals surface area (Å²) >= 11 is 12.3. The van der Waals surface area contributed by atoms with E-state index in [9.17, 15) is 4.39 Å². The monoisotopic (exact) mass is 300 g/mol. The highest BCUT2D eigenvalue weighted by molar-refractivity contribution is 6.39. The van der Waals surface area contributed by atoms with E-state index in [0.29, 0.717) is 26.9 Å². The molecule has 0 N–H and O–H groups in total. The van der Waals surface area contributed by atoms with Crippen LogP contribution in [0.3, 0.4) is 0 Å². The molecular formula is C14H11Cl2FO2. The Kier molecular flexibility index (Phi) is 4.17. The molecule has 0 aromatic heterocycles. The van der Waals surface area contributed by atoms with Crippen LogP contribution in [0, 0.1) is 5.82 Å². The largest absolute Gasteiger partial charge is 0.493 e. The minimum Gasteiger partial charge on any atom is -0.493 e. The van der Waals surface area contributed by atoms with Crippen LogP contribution in [0.25, 0.3) is 11.1 Å². The van der Waals surface area contributed by atoms with Crippen molar-refractivity contribution >= 4 is 23.2 Å². The average molecular weight is 301 g/mol. The van der Waals surface area contributed by atoms with Crippen molar-refractivity contribution in [1.82, 2.24) is 0 Å². The zero-order chi connectivity index (χ0) is 14.0. The SMILES string of the molecule is COc1cc(F)cc(-c2c(Cl)cccc2Cl)c1OC. The molecule has 2 aromatic rings. The molecule has 0 aliphatic carbocycles. The second-order valence-electron chi connectivity index (χ2n) is 3.79. The molecule has 5 heteroatoms. The molecule has 19 heavy (non-hydrogen) atoms. The average Bonchev–Trinajstić information content (AvgIpc) is 2.37. The molecule has 0 aliphatic heterocycles. The summed E-state index contributed by atoms with van der Waals surface area (Å²) in [6, 6.07) is 7.64. The van der Waals surface area contributed by atoms with E-state index in [4.69, 9.17) is 32.7 Å². The van der Waals surface area contributed by atoms with Crippen LogP contribution in [0.5, 0.6) is 11.5 Å². The van der Waals surface area contributed by atoms with Gasteiger partial charge in [0.2, 0.25) is 0 Å². The van der Waals surface area contributed by atoms with E-state index in [1.54, 1.807) is 18.2 Å². The number of benzene rings is 2. The smallest absolute Gasteiger partial charge is 0.168 e. The standard InChI is InChI=1S/C14H11Cl2FO2/c1-18-12-7-8(17)6-9(14(12)19-2)13-10(15)4-3-5-11(13)16/h3-7H,1-2H3. The number of rotatable bonds is 3. The highest BCUT2D eigenvalue weighted by atomic mass is 35.5. The molecule has 2 nitrogen and oxygen atoms in total. The van der Waals surface area contributed by atoms with Gasteiger partial charge < -0.3 is 9.47 Å².